The second-order valence-corrected chi connectivity index (χ2v) is 5.77. The molecule has 3 unspecified atom stereocenters. The Hall–Kier alpha value is -0.730. The molecule has 1 fully saturated rings. The van der Waals surface area contributed by atoms with Gasteiger partial charge >= 0.3 is 0 Å². The van der Waals surface area contributed by atoms with E-state index in [4.69, 9.17) is 5.73 Å². The number of hydrogen-bond acceptors (Lipinski definition) is 1. The fourth-order valence-corrected chi connectivity index (χ4v) is 2.40. The van der Waals surface area contributed by atoms with E-state index in [-0.39, 0.29) is 0 Å². The first-order valence-electron chi connectivity index (χ1n) is 6.55. The van der Waals surface area contributed by atoms with E-state index < -0.39 is 0 Å². The van der Waals surface area contributed by atoms with Crippen molar-refractivity contribution in [3.05, 3.63) is 0 Å². The van der Waals surface area contributed by atoms with Gasteiger partial charge in [-0.25, -0.2) is 0 Å². The van der Waals surface area contributed by atoms with Gasteiger partial charge in [0.1, 0.15) is 0 Å². The molecule has 0 saturated heterocycles. The van der Waals surface area contributed by atoms with Gasteiger partial charge < -0.3 is 11.1 Å². The molecule has 0 aromatic carbocycles. The molecule has 0 aromatic heterocycles. The average Bonchev–Trinajstić information content (AvgIpc) is 2.19. The standard InChI is InChI=1S/C13H27N3/c1-9(2)8-15-13(14)16-12-6-5-10(3)7-11(12)4/h9-12H,5-8H2,1-4H3,(H3,14,15,16). The SMILES string of the molecule is CC(C)CN=C(N)NC1CCC(C)CC1C. The second-order valence-electron chi connectivity index (χ2n) is 5.77. The number of rotatable bonds is 3. The molecule has 3 nitrogen and oxygen atoms in total. The predicted molar refractivity (Wildman–Crippen MR) is 70.4 cm³/mol. The molecule has 1 rings (SSSR count). The highest BCUT2D eigenvalue weighted by molar-refractivity contribution is 5.78. The third-order valence-corrected chi connectivity index (χ3v) is 3.39. The Morgan fingerprint density at radius 1 is 1.38 bits per heavy atom. The van der Waals surface area contributed by atoms with Crippen LogP contribution in [-0.2, 0) is 0 Å². The maximum absolute atomic E-state index is 5.89. The molecular weight excluding hydrogens is 198 g/mol. The quantitative estimate of drug-likeness (QED) is 0.572. The summed E-state index contributed by atoms with van der Waals surface area (Å²) in [5.41, 5.74) is 5.89. The molecule has 1 aliphatic rings. The van der Waals surface area contributed by atoms with Gasteiger partial charge in [-0.2, -0.15) is 0 Å². The number of aliphatic imine (C=N–C) groups is 1. The summed E-state index contributed by atoms with van der Waals surface area (Å²) in [6, 6.07) is 0.520. The van der Waals surface area contributed by atoms with Gasteiger partial charge in [0.15, 0.2) is 5.96 Å². The van der Waals surface area contributed by atoms with Crippen LogP contribution in [0.5, 0.6) is 0 Å². The first kappa shape index (κ1) is 13.3. The van der Waals surface area contributed by atoms with E-state index in [1.165, 1.54) is 19.3 Å². The Balaban J connectivity index is 2.38. The molecule has 94 valence electrons. The van der Waals surface area contributed by atoms with Gasteiger partial charge in [-0.15, -0.1) is 0 Å². The summed E-state index contributed by atoms with van der Waals surface area (Å²) in [6.45, 7) is 9.77. The zero-order valence-corrected chi connectivity index (χ0v) is 11.2. The molecule has 1 saturated carbocycles. The minimum atomic E-state index is 0.520. The summed E-state index contributed by atoms with van der Waals surface area (Å²) in [5.74, 6) is 2.77. The Kier molecular flexibility index (Phi) is 5.10. The summed E-state index contributed by atoms with van der Waals surface area (Å²) in [6.07, 6.45) is 3.83. The molecular formula is C13H27N3. The minimum absolute atomic E-state index is 0.520. The van der Waals surface area contributed by atoms with Gasteiger partial charge in [-0.1, -0.05) is 27.7 Å². The molecule has 0 aliphatic heterocycles. The summed E-state index contributed by atoms with van der Waals surface area (Å²) < 4.78 is 0. The third-order valence-electron chi connectivity index (χ3n) is 3.39. The minimum Gasteiger partial charge on any atom is -0.370 e. The van der Waals surface area contributed by atoms with Crippen molar-refractivity contribution >= 4 is 5.96 Å². The Labute approximate surface area is 99.9 Å². The van der Waals surface area contributed by atoms with Gasteiger partial charge in [0.05, 0.1) is 0 Å². The van der Waals surface area contributed by atoms with Crippen LogP contribution < -0.4 is 11.1 Å². The molecule has 0 aromatic rings. The van der Waals surface area contributed by atoms with Crippen molar-refractivity contribution in [2.45, 2.75) is 53.0 Å². The van der Waals surface area contributed by atoms with E-state index in [0.29, 0.717) is 23.8 Å². The number of nitrogens with one attached hydrogen (secondary N) is 1. The second kappa shape index (κ2) is 6.12. The Bertz CT molecular complexity index is 235. The molecule has 3 atom stereocenters. The molecule has 16 heavy (non-hydrogen) atoms. The molecule has 0 amide bonds. The highest BCUT2D eigenvalue weighted by Crippen LogP contribution is 2.28. The van der Waals surface area contributed by atoms with Gasteiger partial charge in [0, 0.05) is 12.6 Å². The molecule has 0 spiro atoms. The van der Waals surface area contributed by atoms with Crippen molar-refractivity contribution in [1.82, 2.24) is 5.32 Å². The highest BCUT2D eigenvalue weighted by atomic mass is 15.1. The van der Waals surface area contributed by atoms with Crippen molar-refractivity contribution in [3.8, 4) is 0 Å². The van der Waals surface area contributed by atoms with E-state index >= 15 is 0 Å². The molecule has 3 N–H and O–H groups in total. The van der Waals surface area contributed by atoms with Gasteiger partial charge in [0.25, 0.3) is 0 Å². The van der Waals surface area contributed by atoms with Crippen LogP contribution in [0.2, 0.25) is 0 Å². The number of nitrogens with zero attached hydrogens (tertiary/aromatic N) is 1. The third kappa shape index (κ3) is 4.42. The van der Waals surface area contributed by atoms with Crippen molar-refractivity contribution in [2.24, 2.45) is 28.5 Å². The lowest BCUT2D eigenvalue weighted by atomic mass is 9.80. The summed E-state index contributed by atoms with van der Waals surface area (Å²) in [4.78, 5) is 4.35. The van der Waals surface area contributed by atoms with E-state index in [2.05, 4.69) is 38.0 Å². The Morgan fingerprint density at radius 3 is 2.62 bits per heavy atom. The number of hydrogen-bond donors (Lipinski definition) is 2. The zero-order chi connectivity index (χ0) is 12.1. The first-order chi connectivity index (χ1) is 7.49. The van der Waals surface area contributed by atoms with E-state index in [1.54, 1.807) is 0 Å². The summed E-state index contributed by atoms with van der Waals surface area (Å²) in [7, 11) is 0. The van der Waals surface area contributed by atoms with Crippen molar-refractivity contribution in [1.29, 1.82) is 0 Å². The van der Waals surface area contributed by atoms with Crippen LogP contribution in [0.1, 0.15) is 47.0 Å². The van der Waals surface area contributed by atoms with Crippen LogP contribution >= 0.6 is 0 Å². The predicted octanol–water partition coefficient (Wildman–Crippen LogP) is 2.37. The van der Waals surface area contributed by atoms with E-state index in [0.717, 1.165) is 12.5 Å². The normalized spacial score (nSPS) is 31.8. The van der Waals surface area contributed by atoms with Crippen LogP contribution in [0.3, 0.4) is 0 Å². The topological polar surface area (TPSA) is 50.4 Å². The lowest BCUT2D eigenvalue weighted by Crippen LogP contribution is -2.45. The smallest absolute Gasteiger partial charge is 0.188 e. The highest BCUT2D eigenvalue weighted by Gasteiger charge is 2.25. The first-order valence-corrected chi connectivity index (χ1v) is 6.55. The fourth-order valence-electron chi connectivity index (χ4n) is 2.40. The number of guanidine groups is 1. The average molecular weight is 225 g/mol. The lowest BCUT2D eigenvalue weighted by molar-refractivity contribution is 0.247. The zero-order valence-electron chi connectivity index (χ0n) is 11.2. The van der Waals surface area contributed by atoms with Crippen molar-refractivity contribution in [3.63, 3.8) is 0 Å². The monoisotopic (exact) mass is 225 g/mol. The molecule has 0 heterocycles. The maximum Gasteiger partial charge on any atom is 0.188 e. The van der Waals surface area contributed by atoms with Crippen LogP contribution in [0.15, 0.2) is 4.99 Å². The van der Waals surface area contributed by atoms with Crippen molar-refractivity contribution in [2.75, 3.05) is 6.54 Å². The van der Waals surface area contributed by atoms with Gasteiger partial charge in [0.2, 0.25) is 0 Å². The summed E-state index contributed by atoms with van der Waals surface area (Å²) in [5, 5.41) is 3.37. The van der Waals surface area contributed by atoms with Gasteiger partial charge in [-0.3, -0.25) is 4.99 Å². The van der Waals surface area contributed by atoms with Crippen LogP contribution in [-0.4, -0.2) is 18.5 Å². The van der Waals surface area contributed by atoms with Crippen molar-refractivity contribution < 1.29 is 0 Å². The maximum atomic E-state index is 5.89. The Morgan fingerprint density at radius 2 is 2.06 bits per heavy atom. The molecule has 0 radical (unpaired) electrons. The fraction of sp³-hybridized carbons (Fsp3) is 0.923. The molecule has 3 heteroatoms. The summed E-state index contributed by atoms with van der Waals surface area (Å²) >= 11 is 0. The van der Waals surface area contributed by atoms with Gasteiger partial charge in [-0.05, 0) is 37.0 Å². The van der Waals surface area contributed by atoms with Crippen LogP contribution in [0.25, 0.3) is 0 Å². The van der Waals surface area contributed by atoms with E-state index in [1.807, 2.05) is 0 Å². The molecule has 0 bridgehead atoms. The molecule has 1 aliphatic carbocycles. The van der Waals surface area contributed by atoms with E-state index in [9.17, 15) is 0 Å². The lowest BCUT2D eigenvalue weighted by Gasteiger charge is -2.33. The van der Waals surface area contributed by atoms with Crippen LogP contribution in [0, 0.1) is 17.8 Å². The van der Waals surface area contributed by atoms with Crippen LogP contribution in [0.4, 0.5) is 0 Å². The largest absolute Gasteiger partial charge is 0.370 e. The number of nitrogens with two attached hydrogens (primary N) is 1.